The Morgan fingerprint density at radius 1 is 1.05 bits per heavy atom. The summed E-state index contributed by atoms with van der Waals surface area (Å²) >= 11 is 0. The number of fused-ring (bicyclic) bond motifs is 1. The third kappa shape index (κ3) is 2.97. The van der Waals surface area contributed by atoms with Crippen LogP contribution in [0.4, 0.5) is 0 Å². The summed E-state index contributed by atoms with van der Waals surface area (Å²) in [7, 11) is 0. The SMILES string of the molecule is Cc1ccc2ccn(Cc3ccc(CC(=O)O)cc3)c2c1. The van der Waals surface area contributed by atoms with Gasteiger partial charge in [0.05, 0.1) is 6.42 Å². The Labute approximate surface area is 123 Å². The van der Waals surface area contributed by atoms with Crippen LogP contribution in [-0.4, -0.2) is 15.6 Å². The lowest BCUT2D eigenvalue weighted by molar-refractivity contribution is -0.136. The molecule has 0 aliphatic heterocycles. The van der Waals surface area contributed by atoms with Gasteiger partial charge in [-0.05, 0) is 41.1 Å². The summed E-state index contributed by atoms with van der Waals surface area (Å²) in [6, 6.07) is 16.3. The molecule has 0 amide bonds. The molecule has 1 aromatic heterocycles. The Morgan fingerprint density at radius 3 is 2.48 bits per heavy atom. The van der Waals surface area contributed by atoms with Gasteiger partial charge in [0.2, 0.25) is 0 Å². The van der Waals surface area contributed by atoms with Crippen molar-refractivity contribution < 1.29 is 9.90 Å². The molecule has 0 saturated carbocycles. The Kier molecular flexibility index (Phi) is 3.48. The van der Waals surface area contributed by atoms with Gasteiger partial charge in [0, 0.05) is 18.3 Å². The zero-order chi connectivity index (χ0) is 14.8. The second-order valence-electron chi connectivity index (χ2n) is 5.39. The lowest BCUT2D eigenvalue weighted by atomic mass is 10.1. The smallest absolute Gasteiger partial charge is 0.307 e. The van der Waals surface area contributed by atoms with Gasteiger partial charge in [-0.1, -0.05) is 36.4 Å². The molecule has 0 saturated heterocycles. The fourth-order valence-corrected chi connectivity index (χ4v) is 2.57. The molecule has 0 unspecified atom stereocenters. The minimum atomic E-state index is -0.797. The van der Waals surface area contributed by atoms with Gasteiger partial charge >= 0.3 is 5.97 Å². The molecule has 106 valence electrons. The van der Waals surface area contributed by atoms with Gasteiger partial charge in [0.15, 0.2) is 0 Å². The molecule has 0 aliphatic rings. The first-order chi connectivity index (χ1) is 10.1. The zero-order valence-corrected chi connectivity index (χ0v) is 11.9. The Hall–Kier alpha value is -2.55. The van der Waals surface area contributed by atoms with E-state index in [-0.39, 0.29) is 6.42 Å². The molecule has 2 aromatic carbocycles. The Balaban J connectivity index is 1.85. The van der Waals surface area contributed by atoms with Crippen LogP contribution in [0, 0.1) is 6.92 Å². The van der Waals surface area contributed by atoms with E-state index < -0.39 is 5.97 Å². The van der Waals surface area contributed by atoms with E-state index in [2.05, 4.69) is 42.0 Å². The lowest BCUT2D eigenvalue weighted by Crippen LogP contribution is -2.01. The third-order valence-corrected chi connectivity index (χ3v) is 3.66. The summed E-state index contributed by atoms with van der Waals surface area (Å²) in [5, 5.41) is 10.0. The average molecular weight is 279 g/mol. The normalized spacial score (nSPS) is 10.9. The highest BCUT2D eigenvalue weighted by molar-refractivity contribution is 5.80. The standard InChI is InChI=1S/C18H17NO2/c1-13-2-7-16-8-9-19(17(16)10-13)12-15-5-3-14(4-6-15)11-18(20)21/h2-10H,11-12H2,1H3,(H,20,21). The first-order valence-electron chi connectivity index (χ1n) is 6.97. The highest BCUT2D eigenvalue weighted by Gasteiger charge is 2.04. The van der Waals surface area contributed by atoms with E-state index in [1.807, 2.05) is 24.3 Å². The summed E-state index contributed by atoms with van der Waals surface area (Å²) in [4.78, 5) is 10.7. The number of aromatic nitrogens is 1. The lowest BCUT2D eigenvalue weighted by Gasteiger charge is -2.07. The Morgan fingerprint density at radius 2 is 1.76 bits per heavy atom. The van der Waals surface area contributed by atoms with E-state index in [0.29, 0.717) is 0 Å². The van der Waals surface area contributed by atoms with Crippen molar-refractivity contribution in [1.82, 2.24) is 4.57 Å². The van der Waals surface area contributed by atoms with Gasteiger partial charge in [-0.25, -0.2) is 0 Å². The van der Waals surface area contributed by atoms with Gasteiger partial charge in [0.1, 0.15) is 0 Å². The van der Waals surface area contributed by atoms with Crippen molar-refractivity contribution in [1.29, 1.82) is 0 Å². The van der Waals surface area contributed by atoms with Crippen molar-refractivity contribution in [2.45, 2.75) is 19.9 Å². The molecule has 3 nitrogen and oxygen atoms in total. The van der Waals surface area contributed by atoms with E-state index in [0.717, 1.165) is 12.1 Å². The second-order valence-corrected chi connectivity index (χ2v) is 5.39. The number of benzene rings is 2. The van der Waals surface area contributed by atoms with Crippen LogP contribution in [0.15, 0.2) is 54.7 Å². The number of aliphatic carboxylic acids is 1. The number of carbonyl (C=O) groups is 1. The predicted octanol–water partition coefficient (Wildman–Crippen LogP) is 3.63. The van der Waals surface area contributed by atoms with Crippen LogP contribution in [0.2, 0.25) is 0 Å². The maximum atomic E-state index is 10.7. The first kappa shape index (κ1) is 13.4. The minimum Gasteiger partial charge on any atom is -0.481 e. The van der Waals surface area contributed by atoms with Gasteiger partial charge in [-0.15, -0.1) is 0 Å². The number of hydrogen-bond acceptors (Lipinski definition) is 1. The molecule has 1 N–H and O–H groups in total. The molecule has 0 atom stereocenters. The average Bonchev–Trinajstić information content (AvgIpc) is 2.83. The Bertz CT molecular complexity index is 785. The number of hydrogen-bond donors (Lipinski definition) is 1. The van der Waals surface area contributed by atoms with Crippen molar-refractivity contribution >= 4 is 16.9 Å². The number of aryl methyl sites for hydroxylation is 1. The first-order valence-corrected chi connectivity index (χ1v) is 6.97. The van der Waals surface area contributed by atoms with Crippen LogP contribution in [0.25, 0.3) is 10.9 Å². The maximum Gasteiger partial charge on any atom is 0.307 e. The molecule has 0 radical (unpaired) electrons. The van der Waals surface area contributed by atoms with E-state index in [4.69, 9.17) is 5.11 Å². The molecular weight excluding hydrogens is 262 g/mol. The third-order valence-electron chi connectivity index (χ3n) is 3.66. The molecule has 0 spiro atoms. The van der Waals surface area contributed by atoms with Crippen molar-refractivity contribution in [2.75, 3.05) is 0 Å². The largest absolute Gasteiger partial charge is 0.481 e. The van der Waals surface area contributed by atoms with Crippen molar-refractivity contribution in [3.05, 3.63) is 71.4 Å². The number of carboxylic acid groups (broad SMARTS) is 1. The zero-order valence-electron chi connectivity index (χ0n) is 11.9. The highest BCUT2D eigenvalue weighted by atomic mass is 16.4. The van der Waals surface area contributed by atoms with Crippen LogP contribution in [0.1, 0.15) is 16.7 Å². The van der Waals surface area contributed by atoms with Crippen LogP contribution in [0.3, 0.4) is 0 Å². The minimum absolute atomic E-state index is 0.0753. The van der Waals surface area contributed by atoms with Gasteiger partial charge in [-0.2, -0.15) is 0 Å². The van der Waals surface area contributed by atoms with Crippen LogP contribution in [0.5, 0.6) is 0 Å². The van der Waals surface area contributed by atoms with Gasteiger partial charge in [-0.3, -0.25) is 4.79 Å². The fraction of sp³-hybridized carbons (Fsp3) is 0.167. The van der Waals surface area contributed by atoms with Crippen LogP contribution < -0.4 is 0 Å². The van der Waals surface area contributed by atoms with E-state index in [9.17, 15) is 4.79 Å². The van der Waals surface area contributed by atoms with E-state index in [1.54, 1.807) is 0 Å². The molecule has 3 rings (SSSR count). The van der Waals surface area contributed by atoms with Crippen LogP contribution in [-0.2, 0) is 17.8 Å². The van der Waals surface area contributed by atoms with E-state index >= 15 is 0 Å². The van der Waals surface area contributed by atoms with E-state index in [1.165, 1.54) is 22.0 Å². The molecule has 3 aromatic rings. The summed E-state index contributed by atoms with van der Waals surface area (Å²) in [6.07, 6.45) is 2.17. The molecule has 21 heavy (non-hydrogen) atoms. The fourth-order valence-electron chi connectivity index (χ4n) is 2.57. The van der Waals surface area contributed by atoms with Crippen molar-refractivity contribution in [3.8, 4) is 0 Å². The molecule has 0 bridgehead atoms. The predicted molar refractivity (Wildman–Crippen MR) is 83.6 cm³/mol. The molecule has 0 aliphatic carbocycles. The highest BCUT2D eigenvalue weighted by Crippen LogP contribution is 2.19. The van der Waals surface area contributed by atoms with Crippen molar-refractivity contribution in [3.63, 3.8) is 0 Å². The van der Waals surface area contributed by atoms with Gasteiger partial charge < -0.3 is 9.67 Å². The summed E-state index contributed by atoms with van der Waals surface area (Å²) < 4.78 is 2.22. The number of rotatable bonds is 4. The molecular formula is C18H17NO2. The maximum absolute atomic E-state index is 10.7. The quantitative estimate of drug-likeness (QED) is 0.792. The van der Waals surface area contributed by atoms with Gasteiger partial charge in [0.25, 0.3) is 0 Å². The topological polar surface area (TPSA) is 42.2 Å². The molecule has 0 fully saturated rings. The van der Waals surface area contributed by atoms with Crippen molar-refractivity contribution in [2.24, 2.45) is 0 Å². The summed E-state index contributed by atoms with van der Waals surface area (Å²) in [5.74, 6) is -0.797. The monoisotopic (exact) mass is 279 g/mol. The molecule has 3 heteroatoms. The summed E-state index contributed by atoms with van der Waals surface area (Å²) in [6.45, 7) is 2.89. The summed E-state index contributed by atoms with van der Waals surface area (Å²) in [5.41, 5.74) is 4.48. The van der Waals surface area contributed by atoms with Crippen LogP contribution >= 0.6 is 0 Å². The molecule has 1 heterocycles. The second kappa shape index (κ2) is 5.44. The number of carboxylic acids is 1. The number of nitrogens with zero attached hydrogens (tertiary/aromatic N) is 1.